The average Bonchev–Trinajstić information content (AvgIpc) is 2.53. The zero-order valence-corrected chi connectivity index (χ0v) is 12.3. The first-order valence-corrected chi connectivity index (χ1v) is 7.26. The van der Waals surface area contributed by atoms with E-state index in [2.05, 4.69) is 30.3 Å². The Kier molecular flexibility index (Phi) is 5.77. The van der Waals surface area contributed by atoms with Crippen molar-refractivity contribution in [2.45, 2.75) is 19.8 Å². The Morgan fingerprint density at radius 3 is 2.48 bits per heavy atom. The predicted molar refractivity (Wildman–Crippen MR) is 86.0 cm³/mol. The Bertz CT molecular complexity index is 600. The van der Waals surface area contributed by atoms with Gasteiger partial charge in [-0.2, -0.15) is 0 Å². The van der Waals surface area contributed by atoms with Crippen LogP contribution in [0.2, 0.25) is 0 Å². The van der Waals surface area contributed by atoms with Gasteiger partial charge < -0.3 is 4.74 Å². The van der Waals surface area contributed by atoms with Crippen LogP contribution in [0, 0.1) is 0 Å². The molecule has 0 spiro atoms. The van der Waals surface area contributed by atoms with Crippen molar-refractivity contribution in [3.63, 3.8) is 0 Å². The minimum absolute atomic E-state index is 0.296. The summed E-state index contributed by atoms with van der Waals surface area (Å²) in [5.41, 5.74) is 3.63. The van der Waals surface area contributed by atoms with Crippen LogP contribution < -0.4 is 0 Å². The summed E-state index contributed by atoms with van der Waals surface area (Å²) in [6.07, 6.45) is 5.27. The van der Waals surface area contributed by atoms with Crippen LogP contribution in [0.1, 0.15) is 23.6 Å². The number of benzene rings is 2. The number of ether oxygens (including phenoxy) is 1. The Balaban J connectivity index is 2.05. The third-order valence-corrected chi connectivity index (χ3v) is 3.27. The van der Waals surface area contributed by atoms with E-state index in [4.69, 9.17) is 4.74 Å². The van der Waals surface area contributed by atoms with E-state index < -0.39 is 0 Å². The summed E-state index contributed by atoms with van der Waals surface area (Å²) in [4.78, 5) is 11.4. The van der Waals surface area contributed by atoms with E-state index in [1.54, 1.807) is 6.92 Å². The van der Waals surface area contributed by atoms with E-state index in [0.29, 0.717) is 6.61 Å². The second-order valence-electron chi connectivity index (χ2n) is 4.77. The van der Waals surface area contributed by atoms with Crippen LogP contribution >= 0.6 is 0 Å². The molecule has 21 heavy (non-hydrogen) atoms. The lowest BCUT2D eigenvalue weighted by molar-refractivity contribution is -0.137. The van der Waals surface area contributed by atoms with E-state index >= 15 is 0 Å². The van der Waals surface area contributed by atoms with E-state index in [0.717, 1.165) is 18.4 Å². The molecular weight excluding hydrogens is 260 g/mol. The molecule has 0 N–H and O–H groups in total. The van der Waals surface area contributed by atoms with Crippen LogP contribution in [0.4, 0.5) is 0 Å². The number of rotatable bonds is 6. The molecule has 0 fully saturated rings. The SMILES string of the molecule is CCOC(=O)/C=C/c1ccccc1CCc1ccccc1. The summed E-state index contributed by atoms with van der Waals surface area (Å²) in [6.45, 7) is 2.21. The molecule has 0 saturated heterocycles. The summed E-state index contributed by atoms with van der Waals surface area (Å²) in [5.74, 6) is -0.296. The van der Waals surface area contributed by atoms with Crippen molar-refractivity contribution in [1.82, 2.24) is 0 Å². The minimum Gasteiger partial charge on any atom is -0.463 e. The largest absolute Gasteiger partial charge is 0.463 e. The van der Waals surface area contributed by atoms with E-state index in [9.17, 15) is 4.79 Å². The van der Waals surface area contributed by atoms with E-state index in [-0.39, 0.29) is 5.97 Å². The van der Waals surface area contributed by atoms with Crippen molar-refractivity contribution in [3.05, 3.63) is 77.4 Å². The van der Waals surface area contributed by atoms with Crippen LogP contribution in [0.25, 0.3) is 6.08 Å². The molecule has 0 unspecified atom stereocenters. The number of carbonyl (C=O) groups is 1. The Morgan fingerprint density at radius 1 is 1.00 bits per heavy atom. The van der Waals surface area contributed by atoms with Crippen molar-refractivity contribution in [2.24, 2.45) is 0 Å². The Hall–Kier alpha value is -2.35. The molecule has 108 valence electrons. The highest BCUT2D eigenvalue weighted by Crippen LogP contribution is 2.14. The first-order valence-electron chi connectivity index (χ1n) is 7.26. The van der Waals surface area contributed by atoms with Gasteiger partial charge in [0.1, 0.15) is 0 Å². The molecule has 0 atom stereocenters. The molecule has 0 aromatic heterocycles. The number of hydrogen-bond donors (Lipinski definition) is 0. The average molecular weight is 280 g/mol. The first kappa shape index (κ1) is 15.0. The molecule has 0 heterocycles. The molecule has 0 amide bonds. The fourth-order valence-corrected chi connectivity index (χ4v) is 2.20. The van der Waals surface area contributed by atoms with Gasteiger partial charge in [0.2, 0.25) is 0 Å². The quantitative estimate of drug-likeness (QED) is 0.589. The van der Waals surface area contributed by atoms with Crippen molar-refractivity contribution in [3.8, 4) is 0 Å². The van der Waals surface area contributed by atoms with Gasteiger partial charge >= 0.3 is 5.97 Å². The minimum atomic E-state index is -0.296. The van der Waals surface area contributed by atoms with Gasteiger partial charge in [-0.15, -0.1) is 0 Å². The van der Waals surface area contributed by atoms with Crippen LogP contribution in [-0.4, -0.2) is 12.6 Å². The van der Waals surface area contributed by atoms with Gasteiger partial charge in [-0.1, -0.05) is 54.6 Å². The monoisotopic (exact) mass is 280 g/mol. The van der Waals surface area contributed by atoms with Crippen LogP contribution in [0.3, 0.4) is 0 Å². The molecule has 0 aliphatic carbocycles. The van der Waals surface area contributed by atoms with Gasteiger partial charge in [0.05, 0.1) is 6.61 Å². The lowest BCUT2D eigenvalue weighted by atomic mass is 9.99. The highest BCUT2D eigenvalue weighted by molar-refractivity contribution is 5.87. The van der Waals surface area contributed by atoms with E-state index in [1.807, 2.05) is 30.3 Å². The number of esters is 1. The maximum absolute atomic E-state index is 11.4. The molecule has 0 radical (unpaired) electrons. The summed E-state index contributed by atoms with van der Waals surface area (Å²) >= 11 is 0. The first-order chi connectivity index (χ1) is 10.3. The van der Waals surface area contributed by atoms with Crippen molar-refractivity contribution in [1.29, 1.82) is 0 Å². The molecule has 2 heteroatoms. The number of hydrogen-bond acceptors (Lipinski definition) is 2. The van der Waals surface area contributed by atoms with E-state index in [1.165, 1.54) is 17.2 Å². The van der Waals surface area contributed by atoms with Crippen molar-refractivity contribution in [2.75, 3.05) is 6.61 Å². The van der Waals surface area contributed by atoms with Crippen molar-refractivity contribution < 1.29 is 9.53 Å². The standard InChI is InChI=1S/C19H20O2/c1-2-21-19(20)15-14-18-11-7-6-10-17(18)13-12-16-8-4-3-5-9-16/h3-11,14-15H,2,12-13H2,1H3/b15-14+. The molecule has 0 saturated carbocycles. The van der Waals surface area contributed by atoms with Crippen LogP contribution in [0.5, 0.6) is 0 Å². The topological polar surface area (TPSA) is 26.3 Å². The highest BCUT2D eigenvalue weighted by atomic mass is 16.5. The molecule has 2 rings (SSSR count). The third kappa shape index (κ3) is 4.92. The summed E-state index contributed by atoms with van der Waals surface area (Å²) in [7, 11) is 0. The highest BCUT2D eigenvalue weighted by Gasteiger charge is 2.01. The molecule has 2 nitrogen and oxygen atoms in total. The van der Waals surface area contributed by atoms with Crippen molar-refractivity contribution >= 4 is 12.0 Å². The molecule has 0 aliphatic rings. The summed E-state index contributed by atoms with van der Waals surface area (Å²) in [5, 5.41) is 0. The zero-order valence-electron chi connectivity index (χ0n) is 12.3. The maximum atomic E-state index is 11.4. The van der Waals surface area contributed by atoms with Gasteiger partial charge in [0.15, 0.2) is 0 Å². The van der Waals surface area contributed by atoms with Crippen LogP contribution in [0.15, 0.2) is 60.7 Å². The second kappa shape index (κ2) is 8.05. The molecule has 0 bridgehead atoms. The molecule has 0 aliphatic heterocycles. The smallest absolute Gasteiger partial charge is 0.330 e. The van der Waals surface area contributed by atoms with Gasteiger partial charge in [0.25, 0.3) is 0 Å². The van der Waals surface area contributed by atoms with Gasteiger partial charge in [0, 0.05) is 6.08 Å². The summed E-state index contributed by atoms with van der Waals surface area (Å²) < 4.78 is 4.91. The Labute approximate surface area is 126 Å². The Morgan fingerprint density at radius 2 is 1.71 bits per heavy atom. The zero-order chi connectivity index (χ0) is 14.9. The fourth-order valence-electron chi connectivity index (χ4n) is 2.20. The predicted octanol–water partition coefficient (Wildman–Crippen LogP) is 4.05. The third-order valence-electron chi connectivity index (χ3n) is 3.27. The maximum Gasteiger partial charge on any atom is 0.330 e. The second-order valence-corrected chi connectivity index (χ2v) is 4.77. The fraction of sp³-hybridized carbons (Fsp3) is 0.211. The van der Waals surface area contributed by atoms with Crippen LogP contribution in [-0.2, 0) is 22.4 Å². The number of carbonyl (C=O) groups excluding carboxylic acids is 1. The molecule has 2 aromatic carbocycles. The molecule has 2 aromatic rings. The molecular formula is C19H20O2. The lowest BCUT2D eigenvalue weighted by Crippen LogP contribution is -1.99. The van der Waals surface area contributed by atoms with Gasteiger partial charge in [-0.3, -0.25) is 0 Å². The van der Waals surface area contributed by atoms with Gasteiger partial charge in [-0.25, -0.2) is 4.79 Å². The number of aryl methyl sites for hydroxylation is 2. The summed E-state index contributed by atoms with van der Waals surface area (Å²) in [6, 6.07) is 18.6. The normalized spacial score (nSPS) is 10.7. The van der Waals surface area contributed by atoms with Gasteiger partial charge in [-0.05, 0) is 42.5 Å². The lowest BCUT2D eigenvalue weighted by Gasteiger charge is -2.06.